The van der Waals surface area contributed by atoms with Gasteiger partial charge in [0.15, 0.2) is 5.65 Å². The van der Waals surface area contributed by atoms with Gasteiger partial charge >= 0.3 is 0 Å². The number of benzene rings is 1. The number of rotatable bonds is 7. The van der Waals surface area contributed by atoms with Crippen molar-refractivity contribution in [3.63, 3.8) is 0 Å². The van der Waals surface area contributed by atoms with Gasteiger partial charge in [0.05, 0.1) is 31.4 Å². The number of fused-ring (bicyclic) bond motifs is 1. The number of methoxy groups -OCH3 is 1. The van der Waals surface area contributed by atoms with Crippen molar-refractivity contribution in [3.05, 3.63) is 36.0 Å². The number of amides is 1. The van der Waals surface area contributed by atoms with Crippen molar-refractivity contribution in [3.8, 4) is 11.6 Å². The molecule has 0 saturated carbocycles. The van der Waals surface area contributed by atoms with Crippen molar-refractivity contribution in [1.82, 2.24) is 18.8 Å². The highest BCUT2D eigenvalue weighted by molar-refractivity contribution is 14.2. The maximum Gasteiger partial charge on any atom is 0.255 e. The second-order valence-electron chi connectivity index (χ2n) is 6.38. The number of aromatic nitrogens is 3. The third-order valence-corrected chi connectivity index (χ3v) is 6.28. The van der Waals surface area contributed by atoms with Crippen LogP contribution in [0.25, 0.3) is 11.0 Å². The number of carbonyl (C=O) groups is 1. The van der Waals surface area contributed by atoms with Crippen LogP contribution in [0.4, 0.5) is 11.6 Å². The summed E-state index contributed by atoms with van der Waals surface area (Å²) in [6.45, 7) is 3.86. The molecule has 4 rings (SSSR count). The molecule has 0 unspecified atom stereocenters. The van der Waals surface area contributed by atoms with E-state index in [-0.39, 0.29) is 5.91 Å². The average molecular weight is 541 g/mol. The van der Waals surface area contributed by atoms with Crippen LogP contribution in [0.5, 0.6) is 11.6 Å². The van der Waals surface area contributed by atoms with Gasteiger partial charge in [0, 0.05) is 48.6 Å². The zero-order valence-electron chi connectivity index (χ0n) is 16.4. The fourth-order valence-electron chi connectivity index (χ4n) is 3.13. The Morgan fingerprint density at radius 2 is 2.23 bits per heavy atom. The standard InChI is InChI=1S/C19H20IN5O4S/c1-3-29-17-13-6-7-25(30-20)16(13)22-19(23-17)21-14-5-4-12(10-15(14)27-2)18(26)24-8-9-28-11-24/h4-7,10H,3,8-9,11H2,1-2H3,(H,21,22,23). The molecule has 0 radical (unpaired) electrons. The summed E-state index contributed by atoms with van der Waals surface area (Å²) < 4.78 is 18.4. The van der Waals surface area contributed by atoms with Crippen molar-refractivity contribution in [2.75, 3.05) is 38.9 Å². The topological polar surface area (TPSA) is 90.7 Å². The van der Waals surface area contributed by atoms with Crippen LogP contribution in [0.1, 0.15) is 17.3 Å². The quantitative estimate of drug-likeness (QED) is 0.452. The van der Waals surface area contributed by atoms with Crippen molar-refractivity contribution in [1.29, 1.82) is 0 Å². The lowest BCUT2D eigenvalue weighted by Gasteiger charge is -2.16. The van der Waals surface area contributed by atoms with Crippen LogP contribution in [0.2, 0.25) is 0 Å². The fourth-order valence-corrected chi connectivity index (χ4v) is 4.39. The molecule has 30 heavy (non-hydrogen) atoms. The molecule has 1 N–H and O–H groups in total. The van der Waals surface area contributed by atoms with Crippen molar-refractivity contribution >= 4 is 58.9 Å². The Morgan fingerprint density at radius 3 is 2.93 bits per heavy atom. The van der Waals surface area contributed by atoms with E-state index in [9.17, 15) is 4.79 Å². The van der Waals surface area contributed by atoms with Crippen LogP contribution in [0.15, 0.2) is 30.5 Å². The van der Waals surface area contributed by atoms with Crippen molar-refractivity contribution in [2.24, 2.45) is 0 Å². The summed E-state index contributed by atoms with van der Waals surface area (Å²) in [4.78, 5) is 23.4. The molecule has 1 saturated heterocycles. The first kappa shape index (κ1) is 21.0. The predicted octanol–water partition coefficient (Wildman–Crippen LogP) is 3.86. The Hall–Kier alpha value is -2.25. The number of nitrogens with one attached hydrogen (secondary N) is 1. The van der Waals surface area contributed by atoms with Crippen LogP contribution in [0.3, 0.4) is 0 Å². The molecule has 1 fully saturated rings. The molecule has 0 spiro atoms. The van der Waals surface area contributed by atoms with Gasteiger partial charge in [-0.15, -0.1) is 0 Å². The minimum Gasteiger partial charge on any atom is -0.495 e. The molecule has 1 aromatic carbocycles. The third-order valence-electron chi connectivity index (χ3n) is 4.57. The van der Waals surface area contributed by atoms with Gasteiger partial charge in [0.25, 0.3) is 5.91 Å². The number of halogens is 1. The Bertz CT molecular complexity index is 1070. The van der Waals surface area contributed by atoms with Crippen LogP contribution in [-0.2, 0) is 4.74 Å². The summed E-state index contributed by atoms with van der Waals surface area (Å²) in [5, 5.41) is 4.03. The first-order valence-electron chi connectivity index (χ1n) is 9.27. The van der Waals surface area contributed by atoms with Gasteiger partial charge in [0.2, 0.25) is 11.8 Å². The molecule has 0 bridgehead atoms. The van der Waals surface area contributed by atoms with Gasteiger partial charge in [-0.05, 0) is 31.2 Å². The molecule has 1 aliphatic heterocycles. The van der Waals surface area contributed by atoms with E-state index in [1.807, 2.05) is 23.2 Å². The molecule has 158 valence electrons. The van der Waals surface area contributed by atoms with Gasteiger partial charge in [-0.2, -0.15) is 9.97 Å². The molecular weight excluding hydrogens is 521 g/mol. The zero-order valence-corrected chi connectivity index (χ0v) is 19.4. The smallest absolute Gasteiger partial charge is 0.255 e. The summed E-state index contributed by atoms with van der Waals surface area (Å²) in [5.41, 5.74) is 1.92. The van der Waals surface area contributed by atoms with E-state index >= 15 is 0 Å². The Labute approximate surface area is 189 Å². The first-order chi connectivity index (χ1) is 14.6. The van der Waals surface area contributed by atoms with E-state index in [0.29, 0.717) is 55.3 Å². The molecule has 2 aromatic heterocycles. The van der Waals surface area contributed by atoms with Crippen molar-refractivity contribution in [2.45, 2.75) is 6.92 Å². The fraction of sp³-hybridized carbons (Fsp3) is 0.316. The van der Waals surface area contributed by atoms with Gasteiger partial charge < -0.3 is 24.4 Å². The largest absolute Gasteiger partial charge is 0.495 e. The summed E-state index contributed by atoms with van der Waals surface area (Å²) in [5.74, 6) is 1.31. The number of anilines is 2. The number of nitrogens with zero attached hydrogens (tertiary/aromatic N) is 4. The summed E-state index contributed by atoms with van der Waals surface area (Å²) in [6, 6.07) is 7.16. The Morgan fingerprint density at radius 1 is 1.37 bits per heavy atom. The number of hydrogen-bond donors (Lipinski definition) is 1. The highest BCUT2D eigenvalue weighted by Crippen LogP contribution is 2.33. The molecule has 3 aromatic rings. The highest BCUT2D eigenvalue weighted by atomic mass is 127. The lowest BCUT2D eigenvalue weighted by molar-refractivity contribution is 0.0694. The van der Waals surface area contributed by atoms with E-state index in [1.54, 1.807) is 30.2 Å². The average Bonchev–Trinajstić information content (AvgIpc) is 3.44. The summed E-state index contributed by atoms with van der Waals surface area (Å²) >= 11 is 2.20. The number of hydrogen-bond acceptors (Lipinski definition) is 8. The molecule has 3 heterocycles. The molecular formula is C19H20IN5O4S. The van der Waals surface area contributed by atoms with E-state index in [2.05, 4.69) is 36.5 Å². The second-order valence-corrected chi connectivity index (χ2v) is 8.09. The number of carbonyl (C=O) groups excluding carboxylic acids is 1. The minimum atomic E-state index is -0.0921. The van der Waals surface area contributed by atoms with Crippen LogP contribution >= 0.6 is 30.3 Å². The maximum atomic E-state index is 12.6. The van der Waals surface area contributed by atoms with Gasteiger partial charge in [-0.25, -0.2) is 0 Å². The minimum absolute atomic E-state index is 0.0921. The Kier molecular flexibility index (Phi) is 6.49. The molecule has 11 heteroatoms. The van der Waals surface area contributed by atoms with Crippen LogP contribution in [-0.4, -0.2) is 58.3 Å². The molecule has 0 atom stereocenters. The lowest BCUT2D eigenvalue weighted by Crippen LogP contribution is -2.28. The summed E-state index contributed by atoms with van der Waals surface area (Å²) in [7, 11) is 3.06. The molecule has 0 aliphatic carbocycles. The van der Waals surface area contributed by atoms with E-state index < -0.39 is 0 Å². The van der Waals surface area contributed by atoms with Crippen LogP contribution < -0.4 is 14.8 Å². The second kappa shape index (κ2) is 9.27. The van der Waals surface area contributed by atoms with Gasteiger partial charge in [-0.1, -0.05) is 0 Å². The van der Waals surface area contributed by atoms with Gasteiger partial charge in [-0.3, -0.25) is 8.77 Å². The number of ether oxygens (including phenoxy) is 3. The van der Waals surface area contributed by atoms with E-state index in [1.165, 1.54) is 9.12 Å². The highest BCUT2D eigenvalue weighted by Gasteiger charge is 2.21. The van der Waals surface area contributed by atoms with Crippen molar-refractivity contribution < 1.29 is 19.0 Å². The lowest BCUT2D eigenvalue weighted by atomic mass is 10.1. The molecule has 9 nitrogen and oxygen atoms in total. The summed E-state index contributed by atoms with van der Waals surface area (Å²) in [6.07, 6.45) is 1.92. The SMILES string of the molecule is CCOc1nc(Nc2ccc(C(=O)N3CCOC3)cc2OC)nc2c1ccn2SI. The molecule has 1 amide bonds. The zero-order chi connectivity index (χ0) is 21.1. The van der Waals surface area contributed by atoms with E-state index in [0.717, 1.165) is 11.0 Å². The Balaban J connectivity index is 1.66. The van der Waals surface area contributed by atoms with Crippen LogP contribution in [0, 0.1) is 0 Å². The van der Waals surface area contributed by atoms with Gasteiger partial charge in [0.1, 0.15) is 12.5 Å². The first-order valence-corrected chi connectivity index (χ1v) is 12.6. The van der Waals surface area contributed by atoms with E-state index in [4.69, 9.17) is 14.2 Å². The maximum absolute atomic E-state index is 12.6. The monoisotopic (exact) mass is 541 g/mol. The third kappa shape index (κ3) is 4.14. The normalized spacial score (nSPS) is 13.6. The predicted molar refractivity (Wildman–Crippen MR) is 124 cm³/mol. The molecule has 1 aliphatic rings.